The summed E-state index contributed by atoms with van der Waals surface area (Å²) in [5.41, 5.74) is 5.41. The van der Waals surface area contributed by atoms with E-state index in [0.717, 1.165) is 6.54 Å². The fourth-order valence-corrected chi connectivity index (χ4v) is 0.974. The smallest absolute Gasteiger partial charge is 0.253 e. The largest absolute Gasteiger partial charge is 0.327 e. The molecule has 0 aliphatic rings. The zero-order valence-corrected chi connectivity index (χ0v) is 6.54. The molecule has 0 atom stereocenters. The second-order valence-corrected chi connectivity index (χ2v) is 2.44. The Balaban J connectivity index is 2.83. The van der Waals surface area contributed by atoms with Crippen LogP contribution in [0.2, 0.25) is 0 Å². The van der Waals surface area contributed by atoms with Gasteiger partial charge in [-0.25, -0.2) is 9.13 Å². The summed E-state index contributed by atoms with van der Waals surface area (Å²) < 4.78 is 4.22. The topological polar surface area (TPSA) is 34.8 Å². The summed E-state index contributed by atoms with van der Waals surface area (Å²) in [7, 11) is 2.03. The third-order valence-corrected chi connectivity index (χ3v) is 1.77. The summed E-state index contributed by atoms with van der Waals surface area (Å²) >= 11 is 0. The van der Waals surface area contributed by atoms with Gasteiger partial charge in [0, 0.05) is 13.5 Å². The third-order valence-electron chi connectivity index (χ3n) is 1.77. The van der Waals surface area contributed by atoms with E-state index in [2.05, 4.69) is 16.1 Å². The molecule has 0 amide bonds. The molecule has 3 nitrogen and oxygen atoms in total. The predicted molar refractivity (Wildman–Crippen MR) is 39.4 cm³/mol. The van der Waals surface area contributed by atoms with Crippen molar-refractivity contribution in [2.24, 2.45) is 12.8 Å². The highest BCUT2D eigenvalue weighted by atomic mass is 15.1. The second kappa shape index (κ2) is 2.84. The number of aryl methyl sites for hydroxylation is 1. The highest BCUT2D eigenvalue weighted by Gasteiger charge is 2.05. The molecule has 10 heavy (non-hydrogen) atoms. The lowest BCUT2D eigenvalue weighted by atomic mass is 10.6. The monoisotopic (exact) mass is 140 g/mol. The fourth-order valence-electron chi connectivity index (χ4n) is 0.974. The summed E-state index contributed by atoms with van der Waals surface area (Å²) in [5, 5.41) is 0. The maximum atomic E-state index is 5.41. The van der Waals surface area contributed by atoms with Crippen molar-refractivity contribution in [3.8, 4) is 0 Å². The molecule has 0 unspecified atom stereocenters. The van der Waals surface area contributed by atoms with Crippen molar-refractivity contribution in [2.45, 2.75) is 13.5 Å². The van der Waals surface area contributed by atoms with Gasteiger partial charge in [-0.05, 0) is 0 Å². The summed E-state index contributed by atoms with van der Waals surface area (Å²) in [4.78, 5) is 0. The average Bonchev–Trinajstić information content (AvgIpc) is 2.20. The summed E-state index contributed by atoms with van der Waals surface area (Å²) in [6.45, 7) is 3.69. The van der Waals surface area contributed by atoms with Crippen molar-refractivity contribution >= 4 is 0 Å². The molecule has 3 heteroatoms. The molecule has 0 radical (unpaired) electrons. The van der Waals surface area contributed by atoms with E-state index in [1.807, 2.05) is 19.4 Å². The van der Waals surface area contributed by atoms with Gasteiger partial charge in [-0.2, -0.15) is 0 Å². The lowest BCUT2D eigenvalue weighted by Gasteiger charge is -1.93. The Hall–Kier alpha value is -0.830. The number of nitrogens with two attached hydrogens (primary N) is 1. The van der Waals surface area contributed by atoms with Gasteiger partial charge in [-0.1, -0.05) is 0 Å². The molecule has 0 spiro atoms. The van der Waals surface area contributed by atoms with E-state index in [9.17, 15) is 0 Å². The first-order chi connectivity index (χ1) is 4.75. The molecular formula is C7H14N3+. The van der Waals surface area contributed by atoms with Gasteiger partial charge in [0.1, 0.15) is 18.9 Å². The summed E-state index contributed by atoms with van der Waals surface area (Å²) in [5.74, 6) is 1.24. The van der Waals surface area contributed by atoms with E-state index in [0.29, 0.717) is 6.54 Å². The van der Waals surface area contributed by atoms with E-state index < -0.39 is 0 Å². The van der Waals surface area contributed by atoms with Gasteiger partial charge in [0.15, 0.2) is 0 Å². The SMILES string of the molecule is Cc1n(CCN)cc[n+]1C. The molecule has 0 aliphatic carbocycles. The fraction of sp³-hybridized carbons (Fsp3) is 0.571. The highest BCUT2D eigenvalue weighted by Crippen LogP contribution is 1.89. The standard InChI is InChI=1S/C7H14N3/c1-7-9(2)5-6-10(7)4-3-8/h5-6H,3-4,8H2,1-2H3/q+1. The summed E-state index contributed by atoms with van der Waals surface area (Å²) in [6.07, 6.45) is 4.08. The van der Waals surface area contributed by atoms with Crippen molar-refractivity contribution in [3.63, 3.8) is 0 Å². The molecule has 2 N–H and O–H groups in total. The van der Waals surface area contributed by atoms with Crippen molar-refractivity contribution in [3.05, 3.63) is 18.2 Å². The van der Waals surface area contributed by atoms with Crippen LogP contribution in [0.4, 0.5) is 0 Å². The molecule has 1 aromatic heterocycles. The lowest BCUT2D eigenvalue weighted by Crippen LogP contribution is -2.30. The molecule has 0 saturated heterocycles. The van der Waals surface area contributed by atoms with Crippen molar-refractivity contribution in [2.75, 3.05) is 6.54 Å². The van der Waals surface area contributed by atoms with Gasteiger partial charge in [0.2, 0.25) is 0 Å². The van der Waals surface area contributed by atoms with Gasteiger partial charge in [-0.15, -0.1) is 0 Å². The average molecular weight is 140 g/mol. The molecule has 0 saturated carbocycles. The van der Waals surface area contributed by atoms with E-state index in [-0.39, 0.29) is 0 Å². The minimum absolute atomic E-state index is 0.704. The Labute approximate surface area is 61.1 Å². The normalized spacial score (nSPS) is 10.3. The van der Waals surface area contributed by atoms with Crippen LogP contribution in [-0.2, 0) is 13.6 Å². The van der Waals surface area contributed by atoms with Gasteiger partial charge < -0.3 is 5.73 Å². The van der Waals surface area contributed by atoms with Crippen LogP contribution in [0.5, 0.6) is 0 Å². The molecule has 0 aliphatic heterocycles. The number of aromatic nitrogens is 2. The lowest BCUT2D eigenvalue weighted by molar-refractivity contribution is -0.677. The quantitative estimate of drug-likeness (QED) is 0.556. The zero-order chi connectivity index (χ0) is 7.56. The maximum Gasteiger partial charge on any atom is 0.253 e. The van der Waals surface area contributed by atoms with Crippen LogP contribution in [0.1, 0.15) is 5.82 Å². The van der Waals surface area contributed by atoms with E-state index >= 15 is 0 Å². The van der Waals surface area contributed by atoms with Crippen LogP contribution < -0.4 is 10.3 Å². The Kier molecular flexibility index (Phi) is 2.06. The molecule has 1 heterocycles. The van der Waals surface area contributed by atoms with Gasteiger partial charge in [0.05, 0.1) is 7.05 Å². The molecule has 1 rings (SSSR count). The van der Waals surface area contributed by atoms with Gasteiger partial charge >= 0.3 is 0 Å². The van der Waals surface area contributed by atoms with Gasteiger partial charge in [-0.3, -0.25) is 0 Å². The molecular weight excluding hydrogens is 126 g/mol. The minimum Gasteiger partial charge on any atom is -0.327 e. The Bertz CT molecular complexity index is 215. The number of hydrogen-bond acceptors (Lipinski definition) is 1. The summed E-state index contributed by atoms with van der Waals surface area (Å²) in [6, 6.07) is 0. The predicted octanol–water partition coefficient (Wildman–Crippen LogP) is -0.420. The first-order valence-corrected chi connectivity index (χ1v) is 3.47. The number of rotatable bonds is 2. The molecule has 1 aromatic rings. The van der Waals surface area contributed by atoms with Crippen LogP contribution >= 0.6 is 0 Å². The Morgan fingerprint density at radius 1 is 1.70 bits per heavy atom. The van der Waals surface area contributed by atoms with Crippen molar-refractivity contribution < 1.29 is 4.57 Å². The highest BCUT2D eigenvalue weighted by molar-refractivity contribution is 4.78. The van der Waals surface area contributed by atoms with Crippen LogP contribution in [0.15, 0.2) is 12.4 Å². The third kappa shape index (κ3) is 1.19. The Morgan fingerprint density at radius 2 is 2.40 bits per heavy atom. The first kappa shape index (κ1) is 7.28. The molecule has 0 aromatic carbocycles. The van der Waals surface area contributed by atoms with Crippen LogP contribution in [-0.4, -0.2) is 11.1 Å². The molecule has 56 valence electrons. The second-order valence-electron chi connectivity index (χ2n) is 2.44. The number of nitrogens with zero attached hydrogens (tertiary/aromatic N) is 2. The van der Waals surface area contributed by atoms with Crippen molar-refractivity contribution in [1.82, 2.24) is 4.57 Å². The maximum absolute atomic E-state index is 5.41. The first-order valence-electron chi connectivity index (χ1n) is 3.47. The molecule has 0 bridgehead atoms. The molecule has 0 fully saturated rings. The van der Waals surface area contributed by atoms with E-state index in [1.165, 1.54) is 5.82 Å². The van der Waals surface area contributed by atoms with Crippen LogP contribution in [0.3, 0.4) is 0 Å². The number of imidazole rings is 1. The van der Waals surface area contributed by atoms with E-state index in [1.54, 1.807) is 0 Å². The minimum atomic E-state index is 0.704. The van der Waals surface area contributed by atoms with Crippen LogP contribution in [0, 0.1) is 6.92 Å². The van der Waals surface area contributed by atoms with Gasteiger partial charge in [0.25, 0.3) is 5.82 Å². The van der Waals surface area contributed by atoms with E-state index in [4.69, 9.17) is 5.73 Å². The number of hydrogen-bond donors (Lipinski definition) is 1. The Morgan fingerprint density at radius 3 is 2.80 bits per heavy atom. The zero-order valence-electron chi connectivity index (χ0n) is 6.54. The van der Waals surface area contributed by atoms with Crippen LogP contribution in [0.25, 0.3) is 0 Å². The van der Waals surface area contributed by atoms with Crippen molar-refractivity contribution in [1.29, 1.82) is 0 Å².